The minimum atomic E-state index is -0.318. The Morgan fingerprint density at radius 3 is 2.71 bits per heavy atom. The zero-order valence-corrected chi connectivity index (χ0v) is 17.0. The van der Waals surface area contributed by atoms with Crippen LogP contribution >= 0.6 is 0 Å². The predicted molar refractivity (Wildman–Crippen MR) is 116 cm³/mol. The fourth-order valence-electron chi connectivity index (χ4n) is 3.19. The van der Waals surface area contributed by atoms with E-state index in [-0.39, 0.29) is 11.8 Å². The lowest BCUT2D eigenvalue weighted by molar-refractivity contribution is 0.0375. The van der Waals surface area contributed by atoms with Gasteiger partial charge in [0.1, 0.15) is 11.6 Å². The molecule has 3 aromatic rings. The summed E-state index contributed by atoms with van der Waals surface area (Å²) in [5, 5.41) is 9.32. The van der Waals surface area contributed by atoms with Crippen molar-refractivity contribution in [3.05, 3.63) is 48.4 Å². The average Bonchev–Trinajstić information content (AvgIpc) is 2.79. The summed E-state index contributed by atoms with van der Waals surface area (Å²) in [5.74, 6) is 0.405. The molecule has 2 aromatic heterocycles. The minimum Gasteiger partial charge on any atom is -0.379 e. The molecule has 162 valence electrons. The Balaban J connectivity index is 1.31. The molecular weight excluding hydrogens is 401 g/mol. The van der Waals surface area contributed by atoms with Gasteiger partial charge in [-0.1, -0.05) is 0 Å². The van der Waals surface area contributed by atoms with Crippen LogP contribution in [0.4, 0.5) is 26.6 Å². The first-order valence-corrected chi connectivity index (χ1v) is 10.2. The Morgan fingerprint density at radius 2 is 1.90 bits per heavy atom. The van der Waals surface area contributed by atoms with Crippen molar-refractivity contribution < 1.29 is 13.9 Å². The molecule has 10 heteroatoms. The normalized spacial score (nSPS) is 14.4. The molecule has 3 N–H and O–H groups in total. The minimum absolute atomic E-state index is 0.312. The number of fused-ring (bicyclic) bond motifs is 1. The lowest BCUT2D eigenvalue weighted by atomic mass is 10.3. The summed E-state index contributed by atoms with van der Waals surface area (Å²) in [6.45, 7) is 4.92. The number of nitrogens with one attached hydrogen (secondary N) is 3. The van der Waals surface area contributed by atoms with E-state index in [1.54, 1.807) is 30.5 Å². The van der Waals surface area contributed by atoms with Crippen molar-refractivity contribution in [3.63, 3.8) is 0 Å². The van der Waals surface area contributed by atoms with Crippen molar-refractivity contribution in [3.8, 4) is 0 Å². The van der Waals surface area contributed by atoms with Gasteiger partial charge >= 0.3 is 6.03 Å². The summed E-state index contributed by atoms with van der Waals surface area (Å²) in [4.78, 5) is 27.5. The number of halogens is 1. The maximum absolute atomic E-state index is 13.1. The van der Waals surface area contributed by atoms with E-state index in [4.69, 9.17) is 4.74 Å². The number of hydrogen-bond donors (Lipinski definition) is 3. The van der Waals surface area contributed by atoms with E-state index < -0.39 is 0 Å². The number of hydrogen-bond acceptors (Lipinski definition) is 7. The topological polar surface area (TPSA) is 104 Å². The van der Waals surface area contributed by atoms with Gasteiger partial charge in [-0.25, -0.2) is 19.2 Å². The molecule has 1 aliphatic heterocycles. The van der Waals surface area contributed by atoms with Crippen LogP contribution < -0.4 is 16.0 Å². The summed E-state index contributed by atoms with van der Waals surface area (Å²) in [6, 6.07) is 9.07. The third-order valence-electron chi connectivity index (χ3n) is 4.83. The molecule has 0 aliphatic carbocycles. The zero-order chi connectivity index (χ0) is 21.5. The highest BCUT2D eigenvalue weighted by Gasteiger charge is 2.10. The molecule has 31 heavy (non-hydrogen) atoms. The first kappa shape index (κ1) is 20.9. The van der Waals surface area contributed by atoms with Gasteiger partial charge in [0, 0.05) is 36.9 Å². The molecule has 1 saturated heterocycles. The lowest BCUT2D eigenvalue weighted by Gasteiger charge is -2.26. The second-order valence-corrected chi connectivity index (χ2v) is 7.12. The van der Waals surface area contributed by atoms with Gasteiger partial charge in [0.05, 0.1) is 13.2 Å². The van der Waals surface area contributed by atoms with Crippen LogP contribution in [0.3, 0.4) is 0 Å². The van der Waals surface area contributed by atoms with Crippen LogP contribution in [0.15, 0.2) is 42.6 Å². The number of pyridine rings is 1. The van der Waals surface area contributed by atoms with Gasteiger partial charge < -0.3 is 15.4 Å². The molecule has 9 nitrogen and oxygen atoms in total. The van der Waals surface area contributed by atoms with Crippen LogP contribution in [0.5, 0.6) is 0 Å². The summed E-state index contributed by atoms with van der Waals surface area (Å²) >= 11 is 0. The third-order valence-corrected chi connectivity index (χ3v) is 4.83. The van der Waals surface area contributed by atoms with Gasteiger partial charge in [-0.15, -0.1) is 0 Å². The molecule has 1 aromatic carbocycles. The monoisotopic (exact) mass is 425 g/mol. The average molecular weight is 425 g/mol. The number of morpholine rings is 1. The van der Waals surface area contributed by atoms with E-state index >= 15 is 0 Å². The highest BCUT2D eigenvalue weighted by Crippen LogP contribution is 2.17. The molecule has 2 amide bonds. The second kappa shape index (κ2) is 10.1. The third kappa shape index (κ3) is 6.06. The molecule has 1 aliphatic rings. The molecule has 3 heterocycles. The molecule has 0 spiro atoms. The molecule has 0 unspecified atom stereocenters. The van der Waals surface area contributed by atoms with Crippen LogP contribution in [0, 0.1) is 5.82 Å². The van der Waals surface area contributed by atoms with E-state index in [2.05, 4.69) is 35.8 Å². The number of amides is 2. The number of urea groups is 1. The van der Waals surface area contributed by atoms with Crippen LogP contribution in [0.25, 0.3) is 11.0 Å². The Labute approximate surface area is 179 Å². The number of carbonyl (C=O) groups excluding carboxylic acids is 1. The fourth-order valence-corrected chi connectivity index (χ4v) is 3.19. The van der Waals surface area contributed by atoms with E-state index in [0.29, 0.717) is 29.6 Å². The van der Waals surface area contributed by atoms with Crippen LogP contribution in [-0.2, 0) is 4.74 Å². The van der Waals surface area contributed by atoms with Crippen LogP contribution in [0.2, 0.25) is 0 Å². The molecule has 0 radical (unpaired) electrons. The number of benzene rings is 1. The van der Waals surface area contributed by atoms with Gasteiger partial charge in [0.2, 0.25) is 5.95 Å². The summed E-state index contributed by atoms with van der Waals surface area (Å²) < 4.78 is 18.4. The van der Waals surface area contributed by atoms with Gasteiger partial charge in [-0.05, 0) is 49.4 Å². The smallest absolute Gasteiger partial charge is 0.320 e. The summed E-state index contributed by atoms with van der Waals surface area (Å²) in [5.41, 5.74) is 1.09. The zero-order valence-electron chi connectivity index (χ0n) is 17.0. The van der Waals surface area contributed by atoms with Crippen molar-refractivity contribution in [1.29, 1.82) is 0 Å². The maximum Gasteiger partial charge on any atom is 0.320 e. The number of aromatic nitrogens is 3. The first-order valence-electron chi connectivity index (χ1n) is 10.2. The number of nitrogens with zero attached hydrogens (tertiary/aromatic N) is 4. The van der Waals surface area contributed by atoms with E-state index in [1.165, 1.54) is 12.1 Å². The number of ether oxygens (including phenoxy) is 1. The van der Waals surface area contributed by atoms with Crippen molar-refractivity contribution in [2.24, 2.45) is 0 Å². The molecule has 0 atom stereocenters. The second-order valence-electron chi connectivity index (χ2n) is 7.12. The van der Waals surface area contributed by atoms with Crippen molar-refractivity contribution in [2.45, 2.75) is 6.42 Å². The van der Waals surface area contributed by atoms with Crippen molar-refractivity contribution in [2.75, 3.05) is 50.0 Å². The predicted octanol–water partition coefficient (Wildman–Crippen LogP) is 2.75. The Bertz CT molecular complexity index is 1030. The van der Waals surface area contributed by atoms with Gasteiger partial charge in [0.25, 0.3) is 0 Å². The van der Waals surface area contributed by atoms with Crippen LogP contribution in [-0.4, -0.2) is 65.3 Å². The first-order chi connectivity index (χ1) is 15.2. The highest BCUT2D eigenvalue weighted by atomic mass is 19.1. The van der Waals surface area contributed by atoms with Crippen molar-refractivity contribution >= 4 is 34.5 Å². The van der Waals surface area contributed by atoms with E-state index in [9.17, 15) is 9.18 Å². The Morgan fingerprint density at radius 1 is 1.10 bits per heavy atom. The molecule has 4 rings (SSSR count). The van der Waals surface area contributed by atoms with Gasteiger partial charge in [-0.2, -0.15) is 4.98 Å². The van der Waals surface area contributed by atoms with Crippen molar-refractivity contribution in [1.82, 2.24) is 25.2 Å². The molecule has 0 bridgehead atoms. The SMILES string of the molecule is O=C(NCCCN1CCOCC1)Nc1ccc2cnc(Nc3ccc(F)cc3)nc2n1. The van der Waals surface area contributed by atoms with E-state index in [1.807, 2.05) is 0 Å². The van der Waals surface area contributed by atoms with Gasteiger partial charge in [-0.3, -0.25) is 10.2 Å². The van der Waals surface area contributed by atoms with Gasteiger partial charge in [0.15, 0.2) is 5.65 Å². The molecule has 0 saturated carbocycles. The summed E-state index contributed by atoms with van der Waals surface area (Å²) in [7, 11) is 0. The molecular formula is C21H24FN7O2. The quantitative estimate of drug-likeness (QED) is 0.500. The molecule has 1 fully saturated rings. The van der Waals surface area contributed by atoms with E-state index in [0.717, 1.165) is 44.7 Å². The number of rotatable bonds is 7. The lowest BCUT2D eigenvalue weighted by Crippen LogP contribution is -2.38. The Kier molecular flexibility index (Phi) is 6.80. The summed E-state index contributed by atoms with van der Waals surface area (Å²) in [6.07, 6.45) is 2.50. The Hall–Kier alpha value is -3.37. The standard InChI is InChI=1S/C21H24FN7O2/c22-16-3-5-17(6-4-16)25-20-24-14-15-2-7-18(26-19(15)28-20)27-21(30)23-8-1-9-29-10-12-31-13-11-29/h2-7,14H,1,8-13H2,(H3,23,24,25,26,27,28,30). The highest BCUT2D eigenvalue weighted by molar-refractivity contribution is 5.89. The number of anilines is 3. The largest absolute Gasteiger partial charge is 0.379 e. The maximum atomic E-state index is 13.1. The van der Waals surface area contributed by atoms with Crippen LogP contribution in [0.1, 0.15) is 6.42 Å². The number of carbonyl (C=O) groups is 1. The fraction of sp³-hybridized carbons (Fsp3) is 0.333.